The first kappa shape index (κ1) is 10.9. The molecule has 2 aliphatic carbocycles. The van der Waals surface area contributed by atoms with Gasteiger partial charge in [-0.3, -0.25) is 4.79 Å². The van der Waals surface area contributed by atoms with Crippen LogP contribution in [0, 0.1) is 5.92 Å². The standard InChI is InChI=1S/C12H21NO2/c1-9-3-5-10(6-4-9)15-11(14)12(13)7-2-8-12/h9-10H,2-8,13H2,1H3. The molecular weight excluding hydrogens is 190 g/mol. The molecular formula is C12H21NO2. The molecule has 0 aromatic heterocycles. The Labute approximate surface area is 91.4 Å². The van der Waals surface area contributed by atoms with E-state index >= 15 is 0 Å². The number of rotatable bonds is 2. The summed E-state index contributed by atoms with van der Waals surface area (Å²) in [5.74, 6) is 0.629. The highest BCUT2D eigenvalue weighted by Crippen LogP contribution is 2.32. The van der Waals surface area contributed by atoms with E-state index in [4.69, 9.17) is 10.5 Å². The van der Waals surface area contributed by atoms with Gasteiger partial charge in [0.15, 0.2) is 0 Å². The van der Waals surface area contributed by atoms with Crippen molar-refractivity contribution in [2.45, 2.75) is 63.5 Å². The quantitative estimate of drug-likeness (QED) is 0.711. The minimum Gasteiger partial charge on any atom is -0.461 e. The van der Waals surface area contributed by atoms with E-state index in [2.05, 4.69) is 6.92 Å². The predicted molar refractivity (Wildman–Crippen MR) is 58.3 cm³/mol. The van der Waals surface area contributed by atoms with Crippen molar-refractivity contribution in [3.05, 3.63) is 0 Å². The van der Waals surface area contributed by atoms with Crippen molar-refractivity contribution in [3.8, 4) is 0 Å². The zero-order chi connectivity index (χ0) is 10.9. The third-order valence-electron chi connectivity index (χ3n) is 3.89. The lowest BCUT2D eigenvalue weighted by Gasteiger charge is -2.37. The predicted octanol–water partition coefficient (Wildman–Crippen LogP) is 1.99. The molecule has 0 heterocycles. The molecule has 0 amide bonds. The van der Waals surface area contributed by atoms with Gasteiger partial charge >= 0.3 is 5.97 Å². The highest BCUT2D eigenvalue weighted by Gasteiger charge is 2.42. The van der Waals surface area contributed by atoms with Crippen LogP contribution in [-0.4, -0.2) is 17.6 Å². The Morgan fingerprint density at radius 1 is 1.27 bits per heavy atom. The molecule has 0 aromatic carbocycles. The third kappa shape index (κ3) is 2.33. The van der Waals surface area contributed by atoms with Gasteiger partial charge in [-0.25, -0.2) is 0 Å². The summed E-state index contributed by atoms with van der Waals surface area (Å²) in [6.07, 6.45) is 7.18. The summed E-state index contributed by atoms with van der Waals surface area (Å²) in [6, 6.07) is 0. The summed E-state index contributed by atoms with van der Waals surface area (Å²) < 4.78 is 5.48. The average Bonchev–Trinajstić information content (AvgIpc) is 2.18. The number of hydrogen-bond donors (Lipinski definition) is 1. The number of ether oxygens (including phenoxy) is 1. The van der Waals surface area contributed by atoms with Gasteiger partial charge in [0.05, 0.1) is 0 Å². The van der Waals surface area contributed by atoms with Gasteiger partial charge in [0.25, 0.3) is 0 Å². The van der Waals surface area contributed by atoms with Crippen LogP contribution in [0.1, 0.15) is 51.9 Å². The smallest absolute Gasteiger partial charge is 0.326 e. The fraction of sp³-hybridized carbons (Fsp3) is 0.917. The van der Waals surface area contributed by atoms with E-state index in [0.717, 1.165) is 38.0 Å². The Morgan fingerprint density at radius 3 is 2.33 bits per heavy atom. The number of carbonyl (C=O) groups excluding carboxylic acids is 1. The molecule has 0 radical (unpaired) electrons. The van der Waals surface area contributed by atoms with Crippen LogP contribution in [0.25, 0.3) is 0 Å². The summed E-state index contributed by atoms with van der Waals surface area (Å²) in [6.45, 7) is 2.26. The van der Waals surface area contributed by atoms with Crippen molar-refractivity contribution in [1.82, 2.24) is 0 Å². The molecule has 2 fully saturated rings. The molecule has 0 saturated heterocycles. The van der Waals surface area contributed by atoms with Gasteiger partial charge in [-0.15, -0.1) is 0 Å². The Hall–Kier alpha value is -0.570. The molecule has 86 valence electrons. The number of carbonyl (C=O) groups is 1. The van der Waals surface area contributed by atoms with E-state index in [9.17, 15) is 4.79 Å². The second kappa shape index (κ2) is 4.12. The summed E-state index contributed by atoms with van der Waals surface area (Å²) in [7, 11) is 0. The highest BCUT2D eigenvalue weighted by molar-refractivity contribution is 5.81. The molecule has 2 N–H and O–H groups in total. The van der Waals surface area contributed by atoms with E-state index in [1.807, 2.05) is 0 Å². The van der Waals surface area contributed by atoms with Gasteiger partial charge in [0, 0.05) is 0 Å². The second-order valence-corrected chi connectivity index (χ2v) is 5.30. The van der Waals surface area contributed by atoms with E-state index in [1.54, 1.807) is 0 Å². The molecule has 0 unspecified atom stereocenters. The molecule has 3 heteroatoms. The molecule has 2 rings (SSSR count). The maximum Gasteiger partial charge on any atom is 0.326 e. The summed E-state index contributed by atoms with van der Waals surface area (Å²) in [5, 5.41) is 0. The van der Waals surface area contributed by atoms with Crippen molar-refractivity contribution >= 4 is 5.97 Å². The Balaban J connectivity index is 1.79. The van der Waals surface area contributed by atoms with Gasteiger partial charge in [-0.2, -0.15) is 0 Å². The largest absolute Gasteiger partial charge is 0.461 e. The molecule has 0 atom stereocenters. The fourth-order valence-corrected chi connectivity index (χ4v) is 2.38. The number of esters is 1. The van der Waals surface area contributed by atoms with Crippen molar-refractivity contribution in [2.75, 3.05) is 0 Å². The molecule has 0 aliphatic heterocycles. The van der Waals surface area contributed by atoms with Crippen molar-refractivity contribution < 1.29 is 9.53 Å². The van der Waals surface area contributed by atoms with E-state index in [0.29, 0.717) is 0 Å². The average molecular weight is 211 g/mol. The van der Waals surface area contributed by atoms with Crippen molar-refractivity contribution in [3.63, 3.8) is 0 Å². The van der Waals surface area contributed by atoms with Crippen LogP contribution in [0.2, 0.25) is 0 Å². The summed E-state index contributed by atoms with van der Waals surface area (Å²) in [5.41, 5.74) is 5.28. The minimum atomic E-state index is -0.636. The van der Waals surface area contributed by atoms with Gasteiger partial charge in [0.2, 0.25) is 0 Å². The van der Waals surface area contributed by atoms with Gasteiger partial charge < -0.3 is 10.5 Å². The summed E-state index contributed by atoms with van der Waals surface area (Å²) in [4.78, 5) is 11.7. The van der Waals surface area contributed by atoms with Crippen LogP contribution in [0.5, 0.6) is 0 Å². The van der Waals surface area contributed by atoms with Gasteiger partial charge in [0.1, 0.15) is 11.6 Å². The minimum absolute atomic E-state index is 0.134. The first-order valence-corrected chi connectivity index (χ1v) is 6.10. The van der Waals surface area contributed by atoms with Crippen LogP contribution >= 0.6 is 0 Å². The van der Waals surface area contributed by atoms with Crippen LogP contribution in [0.3, 0.4) is 0 Å². The Morgan fingerprint density at radius 2 is 1.87 bits per heavy atom. The topological polar surface area (TPSA) is 52.3 Å². The lowest BCUT2D eigenvalue weighted by atomic mass is 9.78. The lowest BCUT2D eigenvalue weighted by molar-refractivity contribution is -0.161. The Kier molecular flexibility index (Phi) is 3.01. The molecule has 2 saturated carbocycles. The summed E-state index contributed by atoms with van der Waals surface area (Å²) >= 11 is 0. The van der Waals surface area contributed by atoms with Crippen molar-refractivity contribution in [1.29, 1.82) is 0 Å². The van der Waals surface area contributed by atoms with Gasteiger partial charge in [-0.05, 0) is 50.9 Å². The lowest BCUT2D eigenvalue weighted by Crippen LogP contribution is -2.55. The van der Waals surface area contributed by atoms with Crippen LogP contribution in [0.4, 0.5) is 0 Å². The number of hydrogen-bond acceptors (Lipinski definition) is 3. The molecule has 2 aliphatic rings. The first-order chi connectivity index (χ1) is 7.10. The maximum atomic E-state index is 11.7. The van der Waals surface area contributed by atoms with E-state index < -0.39 is 5.54 Å². The fourth-order valence-electron chi connectivity index (χ4n) is 2.38. The zero-order valence-electron chi connectivity index (χ0n) is 9.50. The van der Waals surface area contributed by atoms with Crippen LogP contribution in [0.15, 0.2) is 0 Å². The first-order valence-electron chi connectivity index (χ1n) is 6.10. The molecule has 0 aromatic rings. The van der Waals surface area contributed by atoms with E-state index in [-0.39, 0.29) is 12.1 Å². The molecule has 3 nitrogen and oxygen atoms in total. The molecule has 0 spiro atoms. The Bertz CT molecular complexity index is 240. The highest BCUT2D eigenvalue weighted by atomic mass is 16.5. The SMILES string of the molecule is CC1CCC(OC(=O)C2(N)CCC2)CC1. The zero-order valence-corrected chi connectivity index (χ0v) is 9.50. The normalized spacial score (nSPS) is 34.3. The molecule has 0 bridgehead atoms. The van der Waals surface area contributed by atoms with Crippen LogP contribution < -0.4 is 5.73 Å². The van der Waals surface area contributed by atoms with Gasteiger partial charge in [-0.1, -0.05) is 6.92 Å². The second-order valence-electron chi connectivity index (χ2n) is 5.30. The van der Waals surface area contributed by atoms with E-state index in [1.165, 1.54) is 12.8 Å². The molecule has 15 heavy (non-hydrogen) atoms. The monoisotopic (exact) mass is 211 g/mol. The third-order valence-corrected chi connectivity index (χ3v) is 3.89. The van der Waals surface area contributed by atoms with Crippen LogP contribution in [-0.2, 0) is 9.53 Å². The number of nitrogens with two attached hydrogens (primary N) is 1. The maximum absolute atomic E-state index is 11.7. The van der Waals surface area contributed by atoms with Crippen molar-refractivity contribution in [2.24, 2.45) is 11.7 Å².